The van der Waals surface area contributed by atoms with E-state index in [4.69, 9.17) is 28.7 Å². The summed E-state index contributed by atoms with van der Waals surface area (Å²) in [6.45, 7) is -0.200. The molecule has 0 fully saturated rings. The van der Waals surface area contributed by atoms with Gasteiger partial charge >= 0.3 is 5.97 Å². The molecule has 0 saturated heterocycles. The van der Waals surface area contributed by atoms with Crippen molar-refractivity contribution in [3.8, 4) is 34.3 Å². The normalized spacial score (nSPS) is 10.5. The second-order valence-electron chi connectivity index (χ2n) is 8.15. The zero-order valence-corrected chi connectivity index (χ0v) is 21.6. The first-order chi connectivity index (χ1) is 18.5. The molecule has 0 unspecified atom stereocenters. The maximum absolute atomic E-state index is 13.1. The van der Waals surface area contributed by atoms with Gasteiger partial charge in [-0.1, -0.05) is 36.4 Å². The number of aromatic nitrogens is 1. The van der Waals surface area contributed by atoms with Crippen molar-refractivity contribution in [2.45, 2.75) is 6.54 Å². The molecule has 1 heterocycles. The van der Waals surface area contributed by atoms with Crippen molar-refractivity contribution in [1.82, 2.24) is 10.3 Å². The van der Waals surface area contributed by atoms with Gasteiger partial charge in [0.2, 0.25) is 5.75 Å². The van der Waals surface area contributed by atoms with Crippen LogP contribution in [-0.2, 0) is 16.1 Å². The Kier molecular flexibility index (Phi) is 8.27. The Morgan fingerprint density at radius 3 is 2.13 bits per heavy atom. The van der Waals surface area contributed by atoms with Gasteiger partial charge in [-0.25, -0.2) is 9.78 Å². The first-order valence-corrected chi connectivity index (χ1v) is 11.7. The highest BCUT2D eigenvalue weighted by Gasteiger charge is 2.19. The SMILES string of the molecule is COc1ccccc1CNC(=O)COC(=O)c1cc(-c2cc(OC)c(OC)c(OC)c2)nc2ccccc12. The number of nitrogens with zero attached hydrogens (tertiary/aromatic N) is 1. The molecular weight excluding hydrogens is 488 g/mol. The van der Waals surface area contributed by atoms with Gasteiger partial charge in [0.25, 0.3) is 5.91 Å². The van der Waals surface area contributed by atoms with Crippen molar-refractivity contribution < 1.29 is 33.3 Å². The number of hydrogen-bond donors (Lipinski definition) is 1. The predicted octanol–water partition coefficient (Wildman–Crippen LogP) is 4.41. The molecule has 0 aliphatic rings. The van der Waals surface area contributed by atoms with E-state index in [9.17, 15) is 9.59 Å². The fraction of sp³-hybridized carbons (Fsp3) is 0.207. The Hall–Kier alpha value is -4.79. The number of para-hydroxylation sites is 2. The van der Waals surface area contributed by atoms with Gasteiger partial charge in [-0.2, -0.15) is 0 Å². The molecule has 0 aliphatic carbocycles. The van der Waals surface area contributed by atoms with E-state index in [-0.39, 0.29) is 12.1 Å². The van der Waals surface area contributed by atoms with E-state index < -0.39 is 18.5 Å². The van der Waals surface area contributed by atoms with Crippen LogP contribution >= 0.6 is 0 Å². The summed E-state index contributed by atoms with van der Waals surface area (Å²) in [5, 5.41) is 3.34. The van der Waals surface area contributed by atoms with Gasteiger partial charge in [0.15, 0.2) is 18.1 Å². The highest BCUT2D eigenvalue weighted by Crippen LogP contribution is 2.41. The number of ether oxygens (including phenoxy) is 5. The molecule has 0 saturated carbocycles. The lowest BCUT2D eigenvalue weighted by Crippen LogP contribution is -2.28. The van der Waals surface area contributed by atoms with Crippen molar-refractivity contribution in [2.75, 3.05) is 35.0 Å². The Balaban J connectivity index is 1.58. The molecule has 196 valence electrons. The van der Waals surface area contributed by atoms with Crippen LogP contribution in [0.25, 0.3) is 22.2 Å². The quantitative estimate of drug-likeness (QED) is 0.309. The third kappa shape index (κ3) is 5.62. The summed E-state index contributed by atoms with van der Waals surface area (Å²) in [6, 6.07) is 19.7. The van der Waals surface area contributed by atoms with Crippen LogP contribution in [0, 0.1) is 0 Å². The van der Waals surface area contributed by atoms with Gasteiger partial charge in [-0.05, 0) is 30.3 Å². The zero-order valence-electron chi connectivity index (χ0n) is 21.6. The maximum atomic E-state index is 13.1. The minimum absolute atomic E-state index is 0.240. The topological polar surface area (TPSA) is 105 Å². The summed E-state index contributed by atoms with van der Waals surface area (Å²) in [5.74, 6) is 0.920. The number of hydrogen-bond acceptors (Lipinski definition) is 8. The van der Waals surface area contributed by atoms with Gasteiger partial charge in [0, 0.05) is 23.1 Å². The van der Waals surface area contributed by atoms with E-state index in [1.165, 1.54) is 21.3 Å². The van der Waals surface area contributed by atoms with E-state index in [1.54, 1.807) is 43.5 Å². The molecule has 0 aliphatic heterocycles. The predicted molar refractivity (Wildman–Crippen MR) is 142 cm³/mol. The van der Waals surface area contributed by atoms with Gasteiger partial charge in [-0.3, -0.25) is 4.79 Å². The Labute approximate surface area is 220 Å². The number of esters is 1. The highest BCUT2D eigenvalue weighted by atomic mass is 16.5. The molecule has 1 aromatic heterocycles. The lowest BCUT2D eigenvalue weighted by Gasteiger charge is -2.15. The molecular formula is C29H28N2O7. The van der Waals surface area contributed by atoms with Crippen LogP contribution in [0.15, 0.2) is 66.7 Å². The van der Waals surface area contributed by atoms with Crippen LogP contribution in [0.1, 0.15) is 15.9 Å². The first kappa shape index (κ1) is 26.3. The summed E-state index contributed by atoms with van der Waals surface area (Å²) in [7, 11) is 6.13. The van der Waals surface area contributed by atoms with Crippen LogP contribution in [0.2, 0.25) is 0 Å². The Morgan fingerprint density at radius 2 is 1.45 bits per heavy atom. The standard InChI is InChI=1S/C29H28N2O7/c1-34-24-12-8-5-9-18(24)16-30-27(32)17-38-29(33)21-15-23(31-22-11-7-6-10-20(21)22)19-13-25(35-2)28(37-4)26(14-19)36-3/h5-15H,16-17H2,1-4H3,(H,30,32). The Morgan fingerprint density at radius 1 is 0.789 bits per heavy atom. The van der Waals surface area contributed by atoms with E-state index in [2.05, 4.69) is 5.32 Å². The number of amides is 1. The van der Waals surface area contributed by atoms with Gasteiger partial charge in [0.1, 0.15) is 5.75 Å². The summed E-state index contributed by atoms with van der Waals surface area (Å²) in [5.41, 5.74) is 2.82. The van der Waals surface area contributed by atoms with Crippen LogP contribution in [0.4, 0.5) is 0 Å². The molecule has 0 spiro atoms. The molecule has 0 bridgehead atoms. The fourth-order valence-electron chi connectivity index (χ4n) is 4.02. The van der Waals surface area contributed by atoms with Crippen LogP contribution in [0.5, 0.6) is 23.0 Å². The van der Waals surface area contributed by atoms with Gasteiger partial charge < -0.3 is 29.0 Å². The lowest BCUT2D eigenvalue weighted by molar-refractivity contribution is -0.124. The lowest BCUT2D eigenvalue weighted by atomic mass is 10.0. The summed E-state index contributed by atoms with van der Waals surface area (Å²) in [6.07, 6.45) is 0. The molecule has 1 amide bonds. The molecule has 0 atom stereocenters. The molecule has 3 aromatic carbocycles. The fourth-order valence-corrected chi connectivity index (χ4v) is 4.02. The second kappa shape index (κ2) is 12.0. The smallest absolute Gasteiger partial charge is 0.339 e. The van der Waals surface area contributed by atoms with Crippen LogP contribution in [-0.4, -0.2) is 51.9 Å². The van der Waals surface area contributed by atoms with E-state index in [1.807, 2.05) is 30.3 Å². The molecule has 0 radical (unpaired) electrons. The monoisotopic (exact) mass is 516 g/mol. The number of carbonyl (C=O) groups excluding carboxylic acids is 2. The summed E-state index contributed by atoms with van der Waals surface area (Å²) >= 11 is 0. The number of carbonyl (C=O) groups is 2. The number of rotatable bonds is 10. The summed E-state index contributed by atoms with van der Waals surface area (Å²) < 4.78 is 27.0. The van der Waals surface area contributed by atoms with Crippen molar-refractivity contribution in [2.24, 2.45) is 0 Å². The van der Waals surface area contributed by atoms with Crippen molar-refractivity contribution in [1.29, 1.82) is 0 Å². The number of methoxy groups -OCH3 is 4. The number of benzene rings is 3. The zero-order chi connectivity index (χ0) is 27.1. The van der Waals surface area contributed by atoms with E-state index in [0.29, 0.717) is 45.2 Å². The molecule has 1 N–H and O–H groups in total. The summed E-state index contributed by atoms with van der Waals surface area (Å²) in [4.78, 5) is 30.3. The highest BCUT2D eigenvalue weighted by molar-refractivity contribution is 6.05. The number of fused-ring (bicyclic) bond motifs is 1. The van der Waals surface area contributed by atoms with Gasteiger partial charge in [0.05, 0.1) is 45.2 Å². The second-order valence-corrected chi connectivity index (χ2v) is 8.15. The average Bonchev–Trinajstić information content (AvgIpc) is 2.97. The molecule has 9 heteroatoms. The molecule has 4 aromatic rings. The molecule has 38 heavy (non-hydrogen) atoms. The molecule has 4 rings (SSSR count). The van der Waals surface area contributed by atoms with E-state index >= 15 is 0 Å². The third-order valence-corrected chi connectivity index (χ3v) is 5.90. The van der Waals surface area contributed by atoms with Gasteiger partial charge in [-0.15, -0.1) is 0 Å². The van der Waals surface area contributed by atoms with Crippen molar-refractivity contribution in [3.05, 3.63) is 77.9 Å². The first-order valence-electron chi connectivity index (χ1n) is 11.7. The minimum Gasteiger partial charge on any atom is -0.496 e. The Bertz CT molecular complexity index is 1440. The number of pyridine rings is 1. The maximum Gasteiger partial charge on any atom is 0.339 e. The van der Waals surface area contributed by atoms with Crippen LogP contribution < -0.4 is 24.3 Å². The van der Waals surface area contributed by atoms with Crippen molar-refractivity contribution in [3.63, 3.8) is 0 Å². The molecule has 9 nitrogen and oxygen atoms in total. The van der Waals surface area contributed by atoms with Crippen LogP contribution in [0.3, 0.4) is 0 Å². The third-order valence-electron chi connectivity index (χ3n) is 5.90. The largest absolute Gasteiger partial charge is 0.496 e. The minimum atomic E-state index is -0.648. The number of nitrogens with one attached hydrogen (secondary N) is 1. The van der Waals surface area contributed by atoms with E-state index in [0.717, 1.165) is 5.56 Å². The average molecular weight is 517 g/mol. The van der Waals surface area contributed by atoms with Crippen molar-refractivity contribution >= 4 is 22.8 Å².